The molecule has 0 unspecified atom stereocenters. The van der Waals surface area contributed by atoms with Gasteiger partial charge in [0.2, 0.25) is 11.8 Å². The number of amides is 2. The van der Waals surface area contributed by atoms with E-state index in [-0.39, 0.29) is 55.4 Å². The fourth-order valence-electron chi connectivity index (χ4n) is 5.18. The van der Waals surface area contributed by atoms with Crippen molar-refractivity contribution >= 4 is 17.8 Å². The summed E-state index contributed by atoms with van der Waals surface area (Å²) >= 11 is 0. The maximum absolute atomic E-state index is 13.2. The molecule has 1 saturated carbocycles. The van der Waals surface area contributed by atoms with E-state index in [0.29, 0.717) is 25.2 Å². The second-order valence-corrected chi connectivity index (χ2v) is 10.5. The summed E-state index contributed by atoms with van der Waals surface area (Å²) in [6.07, 6.45) is 12.1. The lowest BCUT2D eigenvalue weighted by Crippen LogP contribution is -2.45. The summed E-state index contributed by atoms with van der Waals surface area (Å²) in [7, 11) is 0. The monoisotopic (exact) mass is 498 g/mol. The zero-order chi connectivity index (χ0) is 25.8. The number of esters is 1. The van der Waals surface area contributed by atoms with E-state index in [1.807, 2.05) is 42.5 Å². The lowest BCUT2D eigenvalue weighted by atomic mass is 9.84. The molecule has 1 aliphatic heterocycles. The minimum Gasteiger partial charge on any atom is -0.463 e. The molecule has 4 atom stereocenters. The number of hydrogen-bond donors (Lipinski definition) is 3. The Balaban J connectivity index is 1.75. The van der Waals surface area contributed by atoms with Crippen LogP contribution >= 0.6 is 0 Å². The first-order chi connectivity index (χ1) is 17.4. The SMILES string of the molecule is C[C@H](CO)NC(=O)C[C@H]1CC=CC[C@@H](Cc2ccccc2)C(=O)OC[C@H](CC2CCCCC2)NC1=O. The maximum Gasteiger partial charge on any atom is 0.309 e. The van der Waals surface area contributed by atoms with Gasteiger partial charge in [-0.25, -0.2) is 0 Å². The Kier molecular flexibility index (Phi) is 11.5. The summed E-state index contributed by atoms with van der Waals surface area (Å²) in [5.41, 5.74) is 1.08. The zero-order valence-corrected chi connectivity index (χ0v) is 21.5. The van der Waals surface area contributed by atoms with Crippen molar-refractivity contribution in [1.29, 1.82) is 0 Å². The molecule has 2 aliphatic rings. The average molecular weight is 499 g/mol. The largest absolute Gasteiger partial charge is 0.463 e. The number of carbonyl (C=O) groups excluding carboxylic acids is 3. The smallest absolute Gasteiger partial charge is 0.309 e. The molecule has 2 amide bonds. The predicted octanol–water partition coefficient (Wildman–Crippen LogP) is 3.70. The van der Waals surface area contributed by atoms with Crippen molar-refractivity contribution in [3.63, 3.8) is 0 Å². The van der Waals surface area contributed by atoms with E-state index < -0.39 is 5.92 Å². The Morgan fingerprint density at radius 3 is 2.47 bits per heavy atom. The van der Waals surface area contributed by atoms with E-state index in [1.54, 1.807) is 6.92 Å². The van der Waals surface area contributed by atoms with Gasteiger partial charge < -0.3 is 20.5 Å². The van der Waals surface area contributed by atoms with Gasteiger partial charge in [0.15, 0.2) is 0 Å². The Labute approximate surface area is 215 Å². The van der Waals surface area contributed by atoms with Gasteiger partial charge in [0.25, 0.3) is 0 Å². The van der Waals surface area contributed by atoms with Gasteiger partial charge >= 0.3 is 5.97 Å². The molecule has 3 N–H and O–H groups in total. The summed E-state index contributed by atoms with van der Waals surface area (Å²) in [6.45, 7) is 1.72. The van der Waals surface area contributed by atoms with Crippen LogP contribution < -0.4 is 10.6 Å². The second kappa shape index (κ2) is 14.8. The van der Waals surface area contributed by atoms with Gasteiger partial charge in [0.05, 0.1) is 24.5 Å². The third kappa shape index (κ3) is 9.41. The number of ether oxygens (including phenoxy) is 1. The number of hydrogen-bond acceptors (Lipinski definition) is 5. The molecule has 1 aromatic carbocycles. The molecular weight excluding hydrogens is 456 g/mol. The molecule has 0 aromatic heterocycles. The van der Waals surface area contributed by atoms with Gasteiger partial charge in [-0.05, 0) is 44.1 Å². The molecule has 36 heavy (non-hydrogen) atoms. The number of aliphatic hydroxyl groups excluding tert-OH is 1. The minimum absolute atomic E-state index is 0.0455. The van der Waals surface area contributed by atoms with Crippen molar-refractivity contribution in [3.05, 3.63) is 48.0 Å². The van der Waals surface area contributed by atoms with E-state index in [1.165, 1.54) is 19.3 Å². The first kappa shape index (κ1) is 27.9. The van der Waals surface area contributed by atoms with Crippen LogP contribution in [0, 0.1) is 17.8 Å². The summed E-state index contributed by atoms with van der Waals surface area (Å²) in [5, 5.41) is 15.1. The molecule has 1 aromatic rings. The summed E-state index contributed by atoms with van der Waals surface area (Å²) in [5.74, 6) is -1.01. The second-order valence-electron chi connectivity index (χ2n) is 10.5. The highest BCUT2D eigenvalue weighted by atomic mass is 16.5. The van der Waals surface area contributed by atoms with Gasteiger partial charge in [0, 0.05) is 12.5 Å². The van der Waals surface area contributed by atoms with E-state index in [9.17, 15) is 19.5 Å². The molecule has 3 rings (SSSR count). The van der Waals surface area contributed by atoms with Crippen LogP contribution in [0.15, 0.2) is 42.5 Å². The van der Waals surface area contributed by atoms with Gasteiger partial charge in [-0.3, -0.25) is 14.4 Å². The van der Waals surface area contributed by atoms with Crippen LogP contribution in [0.2, 0.25) is 0 Å². The number of nitrogens with one attached hydrogen (secondary N) is 2. The molecule has 0 radical (unpaired) electrons. The van der Waals surface area contributed by atoms with Crippen LogP contribution in [0.3, 0.4) is 0 Å². The Morgan fingerprint density at radius 1 is 1.08 bits per heavy atom. The molecule has 0 saturated heterocycles. The number of carbonyl (C=O) groups is 3. The highest BCUT2D eigenvalue weighted by Gasteiger charge is 2.28. The normalized spacial score (nSPS) is 25.1. The molecule has 0 spiro atoms. The number of aliphatic hydroxyl groups is 1. The standard InChI is InChI=1S/C29H42N2O5/c1-21(19-32)30-27(33)18-24-14-8-9-15-25(16-22-10-4-2-5-11-22)29(35)36-20-26(31-28(24)34)17-23-12-6-3-7-13-23/h2,4-5,8-11,21,23-26,32H,3,6-7,12-20H2,1H3,(H,30,33)(H,31,34)/t21-,24-,25+,26+/m1/s1. The molecule has 1 fully saturated rings. The Morgan fingerprint density at radius 2 is 1.78 bits per heavy atom. The van der Waals surface area contributed by atoms with Crippen molar-refractivity contribution in [2.45, 2.75) is 83.2 Å². The molecular formula is C29H42N2O5. The molecule has 7 nitrogen and oxygen atoms in total. The van der Waals surface area contributed by atoms with E-state index in [0.717, 1.165) is 24.8 Å². The van der Waals surface area contributed by atoms with Crippen LogP contribution in [0.25, 0.3) is 0 Å². The van der Waals surface area contributed by atoms with Crippen molar-refractivity contribution < 1.29 is 24.2 Å². The van der Waals surface area contributed by atoms with Crippen LogP contribution in [0.5, 0.6) is 0 Å². The summed E-state index contributed by atoms with van der Waals surface area (Å²) in [4.78, 5) is 38.8. The fraction of sp³-hybridized carbons (Fsp3) is 0.621. The predicted molar refractivity (Wildman–Crippen MR) is 139 cm³/mol. The summed E-state index contributed by atoms with van der Waals surface area (Å²) in [6, 6.07) is 9.29. The molecule has 198 valence electrons. The van der Waals surface area contributed by atoms with Gasteiger partial charge in [-0.2, -0.15) is 0 Å². The van der Waals surface area contributed by atoms with Crippen molar-refractivity contribution in [3.8, 4) is 0 Å². The molecule has 1 aliphatic carbocycles. The number of cyclic esters (lactones) is 1. The Bertz CT molecular complexity index is 866. The maximum atomic E-state index is 13.2. The molecule has 1 heterocycles. The van der Waals surface area contributed by atoms with E-state index in [2.05, 4.69) is 10.6 Å². The first-order valence-corrected chi connectivity index (χ1v) is 13.5. The third-order valence-corrected chi connectivity index (χ3v) is 7.27. The fourth-order valence-corrected chi connectivity index (χ4v) is 5.18. The highest BCUT2D eigenvalue weighted by Crippen LogP contribution is 2.28. The van der Waals surface area contributed by atoms with Crippen molar-refractivity contribution in [1.82, 2.24) is 10.6 Å². The van der Waals surface area contributed by atoms with Crippen molar-refractivity contribution in [2.24, 2.45) is 17.8 Å². The number of allylic oxidation sites excluding steroid dienone is 2. The van der Waals surface area contributed by atoms with E-state index in [4.69, 9.17) is 4.74 Å². The topological polar surface area (TPSA) is 105 Å². The number of benzene rings is 1. The van der Waals surface area contributed by atoms with E-state index >= 15 is 0 Å². The van der Waals surface area contributed by atoms with Crippen LogP contribution in [0.1, 0.15) is 70.3 Å². The van der Waals surface area contributed by atoms with Gasteiger partial charge in [-0.1, -0.05) is 74.6 Å². The average Bonchev–Trinajstić information content (AvgIpc) is 2.88. The van der Waals surface area contributed by atoms with Crippen LogP contribution in [-0.2, 0) is 25.5 Å². The summed E-state index contributed by atoms with van der Waals surface area (Å²) < 4.78 is 5.79. The number of rotatable bonds is 8. The molecule has 7 heteroatoms. The minimum atomic E-state index is -0.524. The lowest BCUT2D eigenvalue weighted by molar-refractivity contribution is -0.150. The van der Waals surface area contributed by atoms with Crippen LogP contribution in [0.4, 0.5) is 0 Å². The molecule has 0 bridgehead atoms. The zero-order valence-electron chi connectivity index (χ0n) is 21.5. The first-order valence-electron chi connectivity index (χ1n) is 13.5. The third-order valence-electron chi connectivity index (χ3n) is 7.27. The lowest BCUT2D eigenvalue weighted by Gasteiger charge is -2.29. The quantitative estimate of drug-likeness (QED) is 0.375. The Hall–Kier alpha value is -2.67. The van der Waals surface area contributed by atoms with Crippen LogP contribution in [-0.4, -0.2) is 48.2 Å². The highest BCUT2D eigenvalue weighted by molar-refractivity contribution is 5.86. The van der Waals surface area contributed by atoms with Gasteiger partial charge in [-0.15, -0.1) is 0 Å². The van der Waals surface area contributed by atoms with Crippen molar-refractivity contribution in [2.75, 3.05) is 13.2 Å². The van der Waals surface area contributed by atoms with Gasteiger partial charge in [0.1, 0.15) is 6.61 Å².